The predicted molar refractivity (Wildman–Crippen MR) is 98.3 cm³/mol. The van der Waals surface area contributed by atoms with Crippen LogP contribution in [0.25, 0.3) is 0 Å². The fourth-order valence-corrected chi connectivity index (χ4v) is 2.49. The summed E-state index contributed by atoms with van der Waals surface area (Å²) in [5, 5.41) is 33.9. The van der Waals surface area contributed by atoms with Crippen LogP contribution in [0.15, 0.2) is 39.9 Å². The number of phenolic OH excluding ortho intramolecular Hbond substituents is 2. The second-order valence-electron chi connectivity index (χ2n) is 4.49. The van der Waals surface area contributed by atoms with Crippen molar-refractivity contribution in [3.63, 3.8) is 0 Å². The van der Waals surface area contributed by atoms with E-state index in [0.717, 1.165) is 18.3 Å². The van der Waals surface area contributed by atoms with Gasteiger partial charge in [0.1, 0.15) is 11.5 Å². The van der Waals surface area contributed by atoms with Crippen LogP contribution in [-0.2, 0) is 0 Å². The fraction of sp³-hybridized carbons (Fsp3) is 0. The van der Waals surface area contributed by atoms with Crippen LogP contribution < -0.4 is 5.43 Å². The summed E-state index contributed by atoms with van der Waals surface area (Å²) in [6.45, 7) is 0. The normalized spacial score (nSPS) is 10.8. The van der Waals surface area contributed by atoms with E-state index < -0.39 is 10.8 Å². The summed E-state index contributed by atoms with van der Waals surface area (Å²) in [5.41, 5.74) is 2.22. The predicted octanol–water partition coefficient (Wildman–Crippen LogP) is 3.14. The number of hydrazone groups is 1. The highest BCUT2D eigenvalue weighted by atomic mass is 127. The van der Waals surface area contributed by atoms with Gasteiger partial charge in [-0.1, -0.05) is 0 Å². The van der Waals surface area contributed by atoms with Crippen LogP contribution in [-0.4, -0.2) is 27.3 Å². The number of aromatic hydroxyl groups is 2. The molecule has 0 aliphatic rings. The second-order valence-corrected chi connectivity index (χ2v) is 6.50. The third-order valence-electron chi connectivity index (χ3n) is 2.87. The standard InChI is InChI=1S/C14H9BrIN3O5/c15-10-5-9(19(23)24)3-8(13(10)21)6-17-18-14(22)7-1-2-11(16)12(20)4-7/h1-6,20-21H,(H,18,22)/b17-6-. The Bertz CT molecular complexity index is 857. The van der Waals surface area contributed by atoms with Crippen LogP contribution in [0, 0.1) is 13.7 Å². The average Bonchev–Trinajstić information content (AvgIpc) is 2.53. The zero-order chi connectivity index (χ0) is 17.9. The van der Waals surface area contributed by atoms with Crippen molar-refractivity contribution in [3.05, 3.63) is 59.6 Å². The van der Waals surface area contributed by atoms with E-state index in [-0.39, 0.29) is 32.8 Å². The van der Waals surface area contributed by atoms with E-state index in [1.807, 2.05) is 22.6 Å². The van der Waals surface area contributed by atoms with Crippen molar-refractivity contribution >= 4 is 56.3 Å². The molecule has 0 saturated carbocycles. The molecular weight excluding hydrogens is 497 g/mol. The van der Waals surface area contributed by atoms with E-state index in [1.165, 1.54) is 12.1 Å². The molecule has 0 unspecified atom stereocenters. The van der Waals surface area contributed by atoms with Gasteiger partial charge < -0.3 is 10.2 Å². The maximum absolute atomic E-state index is 11.9. The molecule has 10 heteroatoms. The molecule has 0 heterocycles. The number of benzene rings is 2. The molecule has 0 fully saturated rings. The zero-order valence-corrected chi connectivity index (χ0v) is 15.5. The molecule has 0 atom stereocenters. The molecule has 0 spiro atoms. The first kappa shape index (κ1) is 18.1. The molecule has 0 saturated heterocycles. The lowest BCUT2D eigenvalue weighted by Crippen LogP contribution is -2.17. The van der Waals surface area contributed by atoms with Gasteiger partial charge in [-0.25, -0.2) is 5.43 Å². The molecule has 2 aromatic rings. The molecular formula is C14H9BrIN3O5. The number of hydrogen-bond donors (Lipinski definition) is 3. The lowest BCUT2D eigenvalue weighted by Gasteiger charge is -2.03. The lowest BCUT2D eigenvalue weighted by atomic mass is 10.2. The van der Waals surface area contributed by atoms with E-state index >= 15 is 0 Å². The van der Waals surface area contributed by atoms with Gasteiger partial charge in [0.2, 0.25) is 0 Å². The summed E-state index contributed by atoms with van der Waals surface area (Å²) in [7, 11) is 0. The molecule has 0 bridgehead atoms. The summed E-state index contributed by atoms with van der Waals surface area (Å²) in [4.78, 5) is 22.1. The Labute approximate surface area is 157 Å². The molecule has 1 amide bonds. The minimum absolute atomic E-state index is 0.0347. The van der Waals surface area contributed by atoms with Gasteiger partial charge in [0.25, 0.3) is 11.6 Å². The van der Waals surface area contributed by atoms with Gasteiger partial charge in [-0.05, 0) is 56.7 Å². The molecule has 8 nitrogen and oxygen atoms in total. The summed E-state index contributed by atoms with van der Waals surface area (Å²) in [5.74, 6) is -0.861. The van der Waals surface area contributed by atoms with Gasteiger partial charge in [-0.15, -0.1) is 0 Å². The Balaban J connectivity index is 2.18. The van der Waals surface area contributed by atoms with Crippen LogP contribution in [0.5, 0.6) is 11.5 Å². The number of nitro groups is 1. The summed E-state index contributed by atoms with van der Waals surface area (Å²) in [6.07, 6.45) is 1.08. The van der Waals surface area contributed by atoms with Crippen molar-refractivity contribution in [2.45, 2.75) is 0 Å². The van der Waals surface area contributed by atoms with Gasteiger partial charge >= 0.3 is 0 Å². The van der Waals surface area contributed by atoms with Crippen molar-refractivity contribution in [3.8, 4) is 11.5 Å². The van der Waals surface area contributed by atoms with Crippen molar-refractivity contribution < 1.29 is 19.9 Å². The smallest absolute Gasteiger partial charge is 0.271 e. The topological polar surface area (TPSA) is 125 Å². The molecule has 24 heavy (non-hydrogen) atoms. The Morgan fingerprint density at radius 3 is 2.67 bits per heavy atom. The first-order chi connectivity index (χ1) is 11.3. The van der Waals surface area contributed by atoms with E-state index in [1.54, 1.807) is 6.07 Å². The van der Waals surface area contributed by atoms with Gasteiger partial charge in [0.05, 0.1) is 19.2 Å². The number of nitrogens with one attached hydrogen (secondary N) is 1. The van der Waals surface area contributed by atoms with Crippen LogP contribution in [0.4, 0.5) is 5.69 Å². The minimum atomic E-state index is -0.617. The van der Waals surface area contributed by atoms with E-state index in [2.05, 4.69) is 26.5 Å². The SMILES string of the molecule is O=C(N/N=C\c1cc([N+](=O)[O-])cc(Br)c1O)c1ccc(I)c(O)c1. The number of nitro benzene ring substituents is 1. The third-order valence-corrected chi connectivity index (χ3v) is 4.38. The highest BCUT2D eigenvalue weighted by Gasteiger charge is 2.14. The minimum Gasteiger partial charge on any atom is -0.507 e. The van der Waals surface area contributed by atoms with Crippen LogP contribution in [0.1, 0.15) is 15.9 Å². The average molecular weight is 506 g/mol. The number of amides is 1. The Kier molecular flexibility index (Phi) is 5.72. The van der Waals surface area contributed by atoms with Crippen molar-refractivity contribution in [2.24, 2.45) is 5.10 Å². The molecule has 0 aliphatic carbocycles. The largest absolute Gasteiger partial charge is 0.507 e. The van der Waals surface area contributed by atoms with Gasteiger partial charge in [0, 0.05) is 23.3 Å². The highest BCUT2D eigenvalue weighted by molar-refractivity contribution is 14.1. The summed E-state index contributed by atoms with van der Waals surface area (Å²) >= 11 is 4.92. The summed E-state index contributed by atoms with van der Waals surface area (Å²) in [6, 6.07) is 6.63. The lowest BCUT2D eigenvalue weighted by molar-refractivity contribution is -0.385. The van der Waals surface area contributed by atoms with E-state index in [4.69, 9.17) is 0 Å². The number of non-ortho nitro benzene ring substituents is 1. The van der Waals surface area contributed by atoms with Crippen molar-refractivity contribution in [1.82, 2.24) is 5.43 Å². The zero-order valence-electron chi connectivity index (χ0n) is 11.7. The quantitative estimate of drug-likeness (QED) is 0.255. The third kappa shape index (κ3) is 4.20. The molecule has 124 valence electrons. The molecule has 0 aromatic heterocycles. The van der Waals surface area contributed by atoms with Gasteiger partial charge in [0.15, 0.2) is 0 Å². The van der Waals surface area contributed by atoms with Crippen molar-refractivity contribution in [2.75, 3.05) is 0 Å². The Morgan fingerprint density at radius 2 is 2.04 bits per heavy atom. The molecule has 0 radical (unpaired) electrons. The molecule has 2 rings (SSSR count). The fourth-order valence-electron chi connectivity index (χ4n) is 1.69. The number of phenols is 2. The maximum atomic E-state index is 11.9. The molecule has 0 aliphatic heterocycles. The van der Waals surface area contributed by atoms with Gasteiger partial charge in [-0.2, -0.15) is 5.10 Å². The number of halogens is 2. The highest BCUT2D eigenvalue weighted by Crippen LogP contribution is 2.31. The van der Waals surface area contributed by atoms with Crippen LogP contribution in [0.3, 0.4) is 0 Å². The van der Waals surface area contributed by atoms with E-state index in [9.17, 15) is 25.1 Å². The molecule has 2 aromatic carbocycles. The molecule has 3 N–H and O–H groups in total. The number of carbonyl (C=O) groups is 1. The first-order valence-electron chi connectivity index (χ1n) is 6.28. The monoisotopic (exact) mass is 505 g/mol. The Morgan fingerprint density at radius 1 is 1.33 bits per heavy atom. The first-order valence-corrected chi connectivity index (χ1v) is 8.15. The Hall–Kier alpha value is -2.21. The number of carbonyl (C=O) groups excluding carboxylic acids is 1. The summed E-state index contributed by atoms with van der Waals surface area (Å²) < 4.78 is 0.728. The van der Waals surface area contributed by atoms with Gasteiger partial charge in [-0.3, -0.25) is 14.9 Å². The number of nitrogens with zero attached hydrogens (tertiary/aromatic N) is 2. The van der Waals surface area contributed by atoms with Crippen molar-refractivity contribution in [1.29, 1.82) is 0 Å². The number of hydrogen-bond acceptors (Lipinski definition) is 6. The van der Waals surface area contributed by atoms with Crippen LogP contribution >= 0.6 is 38.5 Å². The second kappa shape index (κ2) is 7.57. The number of rotatable bonds is 4. The maximum Gasteiger partial charge on any atom is 0.271 e. The van der Waals surface area contributed by atoms with E-state index in [0.29, 0.717) is 3.57 Å². The van der Waals surface area contributed by atoms with Crippen LogP contribution in [0.2, 0.25) is 0 Å².